The van der Waals surface area contributed by atoms with Crippen LogP contribution in [0.4, 0.5) is 10.4 Å². The van der Waals surface area contributed by atoms with Gasteiger partial charge in [0.2, 0.25) is 0 Å². The summed E-state index contributed by atoms with van der Waals surface area (Å²) in [6.45, 7) is 5.72. The largest absolute Gasteiger partial charge is 0.485 e. The monoisotopic (exact) mass is 429 g/mol. The third-order valence-corrected chi connectivity index (χ3v) is 7.20. The summed E-state index contributed by atoms with van der Waals surface area (Å²) in [5.74, 6) is 0.841. The summed E-state index contributed by atoms with van der Waals surface area (Å²) in [5, 5.41) is 0. The van der Waals surface area contributed by atoms with Crippen molar-refractivity contribution in [3.05, 3.63) is 42.0 Å². The van der Waals surface area contributed by atoms with Gasteiger partial charge in [-0.2, -0.15) is 0 Å². The van der Waals surface area contributed by atoms with Crippen LogP contribution in [0.15, 0.2) is 35.1 Å². The highest BCUT2D eigenvalue weighted by Crippen LogP contribution is 2.41. The van der Waals surface area contributed by atoms with Crippen LogP contribution < -0.4 is 9.64 Å². The summed E-state index contributed by atoms with van der Waals surface area (Å²) in [5.41, 5.74) is 1.08. The van der Waals surface area contributed by atoms with Gasteiger partial charge in [0.05, 0.1) is 39.1 Å². The lowest BCUT2D eigenvalue weighted by Crippen LogP contribution is -2.62. The molecule has 31 heavy (non-hydrogen) atoms. The normalized spacial score (nSPS) is 26.7. The maximum atomic E-state index is 13.8. The Morgan fingerprint density at radius 2 is 1.97 bits per heavy atom. The van der Waals surface area contributed by atoms with Crippen LogP contribution in [0.25, 0.3) is 0 Å². The lowest BCUT2D eigenvalue weighted by atomic mass is 9.86. The summed E-state index contributed by atoms with van der Waals surface area (Å²) < 4.78 is 36.7. The van der Waals surface area contributed by atoms with Gasteiger partial charge in [-0.1, -0.05) is 6.07 Å². The number of nitrogens with zero attached hydrogens (tertiary/aromatic N) is 3. The first-order valence-corrected chi connectivity index (χ1v) is 11.2. The number of benzene rings is 1. The van der Waals surface area contributed by atoms with Crippen molar-refractivity contribution >= 4 is 6.01 Å². The van der Waals surface area contributed by atoms with Crippen molar-refractivity contribution in [1.29, 1.82) is 0 Å². The van der Waals surface area contributed by atoms with Gasteiger partial charge in [0.15, 0.2) is 0 Å². The molecule has 6 rings (SSSR count). The molecule has 4 fully saturated rings. The number of halogens is 1. The fourth-order valence-corrected chi connectivity index (χ4v) is 5.42. The predicted octanol–water partition coefficient (Wildman–Crippen LogP) is 2.82. The summed E-state index contributed by atoms with van der Waals surface area (Å²) in [7, 11) is 0. The van der Waals surface area contributed by atoms with E-state index < -0.39 is 0 Å². The SMILES string of the molecule is Fc1ccc(C2CCN(C3COC4(C3)CN(c3ncco3)C4)CC2)c(OC2COC2)c1. The average Bonchev–Trinajstić information content (AvgIpc) is 3.40. The van der Waals surface area contributed by atoms with E-state index in [0.29, 0.717) is 36.9 Å². The summed E-state index contributed by atoms with van der Waals surface area (Å²) in [6.07, 6.45) is 6.50. The molecule has 2 aromatic rings. The second-order valence-corrected chi connectivity index (χ2v) is 9.29. The van der Waals surface area contributed by atoms with Crippen LogP contribution in [-0.4, -0.2) is 73.6 Å². The van der Waals surface area contributed by atoms with Crippen molar-refractivity contribution in [1.82, 2.24) is 9.88 Å². The quantitative estimate of drug-likeness (QED) is 0.724. The van der Waals surface area contributed by atoms with E-state index >= 15 is 0 Å². The van der Waals surface area contributed by atoms with Crippen LogP contribution in [0.3, 0.4) is 0 Å². The predicted molar refractivity (Wildman–Crippen MR) is 111 cm³/mol. The molecule has 7 nitrogen and oxygen atoms in total. The molecule has 5 heterocycles. The molecule has 4 saturated heterocycles. The number of hydrogen-bond donors (Lipinski definition) is 0. The molecule has 0 radical (unpaired) electrons. The van der Waals surface area contributed by atoms with Gasteiger partial charge in [-0.3, -0.25) is 4.90 Å². The Bertz CT molecular complexity index is 906. The number of piperidine rings is 1. The fraction of sp³-hybridized carbons (Fsp3) is 0.609. The maximum absolute atomic E-state index is 13.8. The molecule has 4 aliphatic rings. The van der Waals surface area contributed by atoms with Crippen LogP contribution >= 0.6 is 0 Å². The van der Waals surface area contributed by atoms with Gasteiger partial charge in [-0.25, -0.2) is 9.37 Å². The Hall–Kier alpha value is -2.16. The van der Waals surface area contributed by atoms with Gasteiger partial charge >= 0.3 is 0 Å². The molecule has 0 bridgehead atoms. The Labute approximate surface area is 181 Å². The molecule has 166 valence electrons. The van der Waals surface area contributed by atoms with E-state index in [9.17, 15) is 4.39 Å². The van der Waals surface area contributed by atoms with Crippen LogP contribution in [0.1, 0.15) is 30.7 Å². The molecular weight excluding hydrogens is 401 g/mol. The zero-order valence-corrected chi connectivity index (χ0v) is 17.5. The van der Waals surface area contributed by atoms with E-state index in [4.69, 9.17) is 18.6 Å². The van der Waals surface area contributed by atoms with Crippen molar-refractivity contribution < 1.29 is 23.0 Å². The Balaban J connectivity index is 1.05. The van der Waals surface area contributed by atoms with Crippen LogP contribution in [0, 0.1) is 5.82 Å². The smallest absolute Gasteiger partial charge is 0.297 e. The van der Waals surface area contributed by atoms with Crippen LogP contribution in [-0.2, 0) is 9.47 Å². The minimum atomic E-state index is -0.246. The van der Waals surface area contributed by atoms with E-state index in [2.05, 4.69) is 14.8 Å². The first kappa shape index (κ1) is 19.5. The van der Waals surface area contributed by atoms with Gasteiger partial charge in [0.25, 0.3) is 6.01 Å². The number of aromatic nitrogens is 1. The minimum Gasteiger partial charge on any atom is -0.485 e. The summed E-state index contributed by atoms with van der Waals surface area (Å²) in [6, 6.07) is 6.14. The Kier molecular flexibility index (Phi) is 4.89. The van der Waals surface area contributed by atoms with Gasteiger partial charge in [0, 0.05) is 12.1 Å². The third-order valence-electron chi connectivity index (χ3n) is 7.20. The Morgan fingerprint density at radius 1 is 1.13 bits per heavy atom. The zero-order chi connectivity index (χ0) is 20.8. The first-order valence-electron chi connectivity index (χ1n) is 11.2. The van der Waals surface area contributed by atoms with E-state index in [0.717, 1.165) is 57.6 Å². The highest BCUT2D eigenvalue weighted by Gasteiger charge is 2.52. The molecule has 4 aliphatic heterocycles. The number of ether oxygens (including phenoxy) is 3. The standard InChI is InChI=1S/C23H28FN3O4/c24-17-1-2-20(21(9-17)31-19-12-28-13-19)16-3-6-26(7-4-16)18-10-23(30-11-18)14-27(15-23)22-25-5-8-29-22/h1-2,5,8-9,16,18-19H,3-4,6-7,10-15H2. The van der Waals surface area contributed by atoms with E-state index in [1.165, 1.54) is 6.07 Å². The van der Waals surface area contributed by atoms with Gasteiger partial charge in [0.1, 0.15) is 29.5 Å². The van der Waals surface area contributed by atoms with Crippen molar-refractivity contribution in [2.45, 2.75) is 42.9 Å². The van der Waals surface area contributed by atoms with Crippen LogP contribution in [0.2, 0.25) is 0 Å². The molecular formula is C23H28FN3O4. The van der Waals surface area contributed by atoms with Crippen molar-refractivity contribution in [3.8, 4) is 5.75 Å². The van der Waals surface area contributed by atoms with Gasteiger partial charge in [-0.15, -0.1) is 0 Å². The number of rotatable bonds is 5. The van der Waals surface area contributed by atoms with E-state index in [1.54, 1.807) is 18.5 Å². The van der Waals surface area contributed by atoms with Crippen molar-refractivity contribution in [3.63, 3.8) is 0 Å². The second kappa shape index (κ2) is 7.76. The highest BCUT2D eigenvalue weighted by molar-refractivity contribution is 5.38. The molecule has 1 unspecified atom stereocenters. The highest BCUT2D eigenvalue weighted by atomic mass is 19.1. The van der Waals surface area contributed by atoms with Crippen molar-refractivity contribution in [2.24, 2.45) is 0 Å². The zero-order valence-electron chi connectivity index (χ0n) is 17.5. The summed E-state index contributed by atoms with van der Waals surface area (Å²) >= 11 is 0. The number of hydrogen-bond acceptors (Lipinski definition) is 7. The molecule has 0 N–H and O–H groups in total. The molecule has 0 saturated carbocycles. The molecule has 0 aliphatic carbocycles. The molecule has 1 aromatic heterocycles. The molecule has 1 aromatic carbocycles. The molecule has 1 spiro atoms. The minimum absolute atomic E-state index is 0.0471. The molecule has 0 amide bonds. The lowest BCUT2D eigenvalue weighted by molar-refractivity contribution is -0.0802. The third kappa shape index (κ3) is 3.70. The molecule has 8 heteroatoms. The topological polar surface area (TPSA) is 60.2 Å². The molecule has 1 atom stereocenters. The first-order chi connectivity index (χ1) is 15.2. The Morgan fingerprint density at radius 3 is 2.68 bits per heavy atom. The summed E-state index contributed by atoms with van der Waals surface area (Å²) in [4.78, 5) is 8.94. The van der Waals surface area contributed by atoms with Crippen molar-refractivity contribution in [2.75, 3.05) is 50.9 Å². The van der Waals surface area contributed by atoms with E-state index in [-0.39, 0.29) is 17.5 Å². The number of anilines is 1. The van der Waals surface area contributed by atoms with E-state index in [1.807, 2.05) is 6.07 Å². The second-order valence-electron chi connectivity index (χ2n) is 9.29. The number of likely N-dealkylation sites (tertiary alicyclic amines) is 1. The maximum Gasteiger partial charge on any atom is 0.297 e. The number of oxazole rings is 1. The van der Waals surface area contributed by atoms with Crippen LogP contribution in [0.5, 0.6) is 5.75 Å². The van der Waals surface area contributed by atoms with Gasteiger partial charge in [-0.05, 0) is 49.9 Å². The fourth-order valence-electron chi connectivity index (χ4n) is 5.42. The van der Waals surface area contributed by atoms with Gasteiger partial charge < -0.3 is 23.5 Å². The average molecular weight is 429 g/mol. The lowest BCUT2D eigenvalue weighted by Gasteiger charge is -2.46.